The van der Waals surface area contributed by atoms with Gasteiger partial charge < -0.3 is 13.9 Å². The van der Waals surface area contributed by atoms with Crippen LogP contribution in [0.25, 0.3) is 11.3 Å². The molecule has 0 aliphatic carbocycles. The van der Waals surface area contributed by atoms with Crippen LogP contribution in [-0.2, 0) is 14.8 Å². The van der Waals surface area contributed by atoms with Crippen molar-refractivity contribution in [3.8, 4) is 22.8 Å². The molecule has 9 nitrogen and oxygen atoms in total. The summed E-state index contributed by atoms with van der Waals surface area (Å²) in [5.74, 6) is 0.861. The van der Waals surface area contributed by atoms with Gasteiger partial charge in [0.1, 0.15) is 29.6 Å². The van der Waals surface area contributed by atoms with Crippen LogP contribution < -0.4 is 19.2 Å². The molecule has 3 rings (SSSR count). The van der Waals surface area contributed by atoms with Gasteiger partial charge in [-0.2, -0.15) is 5.10 Å². The Labute approximate surface area is 206 Å². The van der Waals surface area contributed by atoms with Crippen molar-refractivity contribution in [1.29, 1.82) is 0 Å². The molecule has 0 bridgehead atoms. The molecule has 0 atom stereocenters. The Morgan fingerprint density at radius 1 is 1.12 bits per heavy atom. The van der Waals surface area contributed by atoms with Gasteiger partial charge in [-0.3, -0.25) is 9.10 Å². The number of nitrogens with zero attached hydrogens (tertiary/aromatic N) is 2. The average Bonchev–Trinajstić information content (AvgIpc) is 3.25. The Hall–Kier alpha value is -3.21. The van der Waals surface area contributed by atoms with E-state index in [1.165, 1.54) is 32.6 Å². The first-order valence-electron chi connectivity index (χ1n) is 9.69. The molecule has 0 radical (unpaired) electrons. The smallest absolute Gasteiger partial charge is 0.260 e. The van der Waals surface area contributed by atoms with Gasteiger partial charge in [-0.25, -0.2) is 13.8 Å². The molecule has 1 amide bonds. The summed E-state index contributed by atoms with van der Waals surface area (Å²) in [5.41, 5.74) is 3.11. The molecule has 12 heteroatoms. The summed E-state index contributed by atoms with van der Waals surface area (Å²) in [6.07, 6.45) is 2.27. The number of amides is 1. The van der Waals surface area contributed by atoms with Gasteiger partial charge in [0.2, 0.25) is 10.0 Å². The average molecular weight is 526 g/mol. The third-order valence-electron chi connectivity index (χ3n) is 4.55. The number of hydrogen-bond acceptors (Lipinski definition) is 7. The minimum Gasteiger partial charge on any atom is -0.497 e. The fourth-order valence-corrected chi connectivity index (χ4v) is 4.32. The van der Waals surface area contributed by atoms with Crippen LogP contribution in [0.4, 0.5) is 5.69 Å². The number of anilines is 1. The summed E-state index contributed by atoms with van der Waals surface area (Å²) < 4.78 is 41.7. The fourth-order valence-electron chi connectivity index (χ4n) is 2.96. The van der Waals surface area contributed by atoms with Crippen molar-refractivity contribution in [1.82, 2.24) is 5.43 Å². The highest BCUT2D eigenvalue weighted by Crippen LogP contribution is 2.33. The van der Waals surface area contributed by atoms with Crippen LogP contribution in [0.3, 0.4) is 0 Å². The highest BCUT2D eigenvalue weighted by Gasteiger charge is 2.24. The Balaban J connectivity index is 1.71. The van der Waals surface area contributed by atoms with Crippen LogP contribution in [0.1, 0.15) is 5.76 Å². The Kier molecular flexibility index (Phi) is 8.08. The number of hydrogen-bond donors (Lipinski definition) is 1. The predicted molar refractivity (Wildman–Crippen MR) is 132 cm³/mol. The standard InChI is InChI=1S/C22H21Cl2N3O6S/c1-31-15-5-8-19(21(11-15)32-2)27(34(3,29)30)13-22(28)26-25-12-16-6-9-20(33-16)17-7-4-14(23)10-18(17)24/h4-12H,13H2,1-3H3,(H,26,28)/b25-12-. The maximum atomic E-state index is 12.4. The van der Waals surface area contributed by atoms with Crippen molar-refractivity contribution in [3.05, 3.63) is 64.3 Å². The predicted octanol–water partition coefficient (Wildman–Crippen LogP) is 4.19. The maximum absolute atomic E-state index is 12.4. The van der Waals surface area contributed by atoms with Crippen molar-refractivity contribution in [3.63, 3.8) is 0 Å². The van der Waals surface area contributed by atoms with E-state index in [1.54, 1.807) is 36.4 Å². The monoisotopic (exact) mass is 525 g/mol. The van der Waals surface area contributed by atoms with Gasteiger partial charge in [-0.15, -0.1) is 0 Å². The van der Waals surface area contributed by atoms with Crippen molar-refractivity contribution < 1.29 is 27.1 Å². The minimum absolute atomic E-state index is 0.181. The lowest BCUT2D eigenvalue weighted by molar-refractivity contribution is -0.119. The highest BCUT2D eigenvalue weighted by atomic mass is 35.5. The van der Waals surface area contributed by atoms with E-state index in [0.29, 0.717) is 32.9 Å². The molecule has 180 valence electrons. The fraction of sp³-hybridized carbons (Fsp3) is 0.182. The van der Waals surface area contributed by atoms with Gasteiger partial charge in [0.05, 0.1) is 37.4 Å². The lowest BCUT2D eigenvalue weighted by Gasteiger charge is -2.23. The molecular weight excluding hydrogens is 505 g/mol. The summed E-state index contributed by atoms with van der Waals surface area (Å²) in [6, 6.07) is 12.9. The van der Waals surface area contributed by atoms with E-state index in [0.717, 1.165) is 10.6 Å². The molecule has 0 saturated heterocycles. The number of hydrazone groups is 1. The SMILES string of the molecule is COc1ccc(N(CC(=O)N/N=C\c2ccc(-c3ccc(Cl)cc3Cl)o2)S(C)(=O)=O)c(OC)c1. The van der Waals surface area contributed by atoms with E-state index in [4.69, 9.17) is 37.1 Å². The van der Waals surface area contributed by atoms with Gasteiger partial charge in [0.25, 0.3) is 5.91 Å². The van der Waals surface area contributed by atoms with Gasteiger partial charge in [-0.05, 0) is 42.5 Å². The van der Waals surface area contributed by atoms with Gasteiger partial charge >= 0.3 is 0 Å². The first-order valence-corrected chi connectivity index (χ1v) is 12.3. The largest absolute Gasteiger partial charge is 0.497 e. The second-order valence-electron chi connectivity index (χ2n) is 6.93. The number of benzene rings is 2. The number of rotatable bonds is 9. The van der Waals surface area contributed by atoms with Crippen LogP contribution in [0.5, 0.6) is 11.5 Å². The van der Waals surface area contributed by atoms with E-state index in [9.17, 15) is 13.2 Å². The molecule has 0 saturated carbocycles. The van der Waals surface area contributed by atoms with Crippen molar-refractivity contribution >= 4 is 51.0 Å². The van der Waals surface area contributed by atoms with Crippen LogP contribution in [-0.4, -0.2) is 47.6 Å². The van der Waals surface area contributed by atoms with Crippen LogP contribution in [0, 0.1) is 0 Å². The van der Waals surface area contributed by atoms with E-state index in [2.05, 4.69) is 10.5 Å². The topological polar surface area (TPSA) is 110 Å². The highest BCUT2D eigenvalue weighted by molar-refractivity contribution is 7.92. The van der Waals surface area contributed by atoms with Crippen LogP contribution >= 0.6 is 23.2 Å². The quantitative estimate of drug-likeness (QED) is 0.331. The third-order valence-corrected chi connectivity index (χ3v) is 6.22. The lowest BCUT2D eigenvalue weighted by Crippen LogP contribution is -2.39. The van der Waals surface area contributed by atoms with Crippen molar-refractivity contribution in [2.24, 2.45) is 5.10 Å². The first-order chi connectivity index (χ1) is 16.1. The molecule has 1 heterocycles. The maximum Gasteiger partial charge on any atom is 0.260 e. The molecule has 34 heavy (non-hydrogen) atoms. The van der Waals surface area contributed by atoms with E-state index in [-0.39, 0.29) is 11.4 Å². The number of furan rings is 1. The molecule has 0 aliphatic heterocycles. The second-order valence-corrected chi connectivity index (χ2v) is 9.68. The zero-order valence-corrected chi connectivity index (χ0v) is 20.7. The lowest BCUT2D eigenvalue weighted by atomic mass is 10.2. The number of carbonyl (C=O) groups is 1. The van der Waals surface area contributed by atoms with Crippen molar-refractivity contribution in [2.45, 2.75) is 0 Å². The number of nitrogens with one attached hydrogen (secondary N) is 1. The molecule has 1 aromatic heterocycles. The minimum atomic E-state index is -3.82. The Bertz CT molecular complexity index is 1320. The van der Waals surface area contributed by atoms with Gasteiger partial charge in [0.15, 0.2) is 0 Å². The summed E-state index contributed by atoms with van der Waals surface area (Å²) in [5, 5.41) is 4.76. The van der Waals surface area contributed by atoms with Crippen LogP contribution in [0.2, 0.25) is 10.0 Å². The zero-order valence-electron chi connectivity index (χ0n) is 18.4. The number of methoxy groups -OCH3 is 2. The molecule has 3 aromatic rings. The summed E-state index contributed by atoms with van der Waals surface area (Å²) >= 11 is 12.1. The number of carbonyl (C=O) groups excluding carboxylic acids is 1. The molecule has 1 N–H and O–H groups in total. The van der Waals surface area contributed by atoms with Gasteiger partial charge in [0, 0.05) is 16.7 Å². The zero-order chi connectivity index (χ0) is 24.9. The summed E-state index contributed by atoms with van der Waals surface area (Å²) in [4.78, 5) is 12.4. The Morgan fingerprint density at radius 2 is 1.88 bits per heavy atom. The Morgan fingerprint density at radius 3 is 2.53 bits per heavy atom. The molecule has 0 spiro atoms. The van der Waals surface area contributed by atoms with Crippen molar-refractivity contribution in [2.75, 3.05) is 31.3 Å². The number of ether oxygens (including phenoxy) is 2. The number of halogens is 2. The van der Waals surface area contributed by atoms with Gasteiger partial charge in [-0.1, -0.05) is 23.2 Å². The second kappa shape index (κ2) is 10.8. The third kappa shape index (κ3) is 6.22. The molecule has 0 fully saturated rings. The molecular formula is C22H21Cl2N3O6S. The molecule has 0 unspecified atom stereocenters. The van der Waals surface area contributed by atoms with E-state index in [1.807, 2.05) is 0 Å². The first kappa shape index (κ1) is 25.4. The van der Waals surface area contributed by atoms with E-state index >= 15 is 0 Å². The van der Waals surface area contributed by atoms with Crippen LogP contribution in [0.15, 0.2) is 58.0 Å². The van der Waals surface area contributed by atoms with E-state index < -0.39 is 22.5 Å². The summed E-state index contributed by atoms with van der Waals surface area (Å²) in [7, 11) is -0.958. The molecule has 0 aliphatic rings. The summed E-state index contributed by atoms with van der Waals surface area (Å²) in [6.45, 7) is -0.525. The molecule has 2 aromatic carbocycles. The number of sulfonamides is 1. The normalized spacial score (nSPS) is 11.4.